The molecule has 3 rings (SSSR count). The number of anilines is 1. The number of nitrogens with one attached hydrogen (secondary N) is 1. The Hall–Kier alpha value is -1.95. The summed E-state index contributed by atoms with van der Waals surface area (Å²) in [6, 6.07) is 2.90. The molecule has 1 aliphatic heterocycles. The molecule has 2 aliphatic rings. The molecule has 0 atom stereocenters. The summed E-state index contributed by atoms with van der Waals surface area (Å²) in [4.78, 5) is 25.7. The molecule has 0 radical (unpaired) electrons. The van der Waals surface area contributed by atoms with E-state index in [0.29, 0.717) is 24.4 Å². The molecule has 2 amide bonds. The van der Waals surface area contributed by atoms with Crippen LogP contribution in [0.2, 0.25) is 0 Å². The second-order valence-corrected chi connectivity index (χ2v) is 6.81. The van der Waals surface area contributed by atoms with Gasteiger partial charge in [0.25, 0.3) is 5.91 Å². The average molecular weight is 334 g/mol. The summed E-state index contributed by atoms with van der Waals surface area (Å²) in [5, 5.41) is 11.9. The van der Waals surface area contributed by atoms with Gasteiger partial charge in [0.05, 0.1) is 5.56 Å². The number of rotatable bonds is 3. The van der Waals surface area contributed by atoms with Crippen LogP contribution in [0.15, 0.2) is 12.1 Å². The van der Waals surface area contributed by atoms with Crippen molar-refractivity contribution in [3.8, 4) is 0 Å². The largest absolute Gasteiger partial charge is 0.396 e. The van der Waals surface area contributed by atoms with Crippen LogP contribution in [0.1, 0.15) is 48.0 Å². The molecule has 1 fully saturated rings. The van der Waals surface area contributed by atoms with Gasteiger partial charge < -0.3 is 15.3 Å². The molecular formula is C18H23FN2O3. The van der Waals surface area contributed by atoms with Crippen molar-refractivity contribution in [2.75, 3.05) is 19.0 Å². The fourth-order valence-corrected chi connectivity index (χ4v) is 3.64. The van der Waals surface area contributed by atoms with Crippen molar-refractivity contribution in [3.05, 3.63) is 29.1 Å². The van der Waals surface area contributed by atoms with Crippen LogP contribution >= 0.6 is 0 Å². The molecule has 24 heavy (non-hydrogen) atoms. The van der Waals surface area contributed by atoms with Crippen LogP contribution in [0, 0.1) is 11.7 Å². The molecule has 5 nitrogen and oxygen atoms in total. The molecule has 0 saturated heterocycles. The minimum absolute atomic E-state index is 0.0664. The summed E-state index contributed by atoms with van der Waals surface area (Å²) < 4.78 is 14.4. The standard InChI is InChI=1S/C18H23FN2O3/c1-21(13-5-2-11(10-22)3-6-13)18(24)14-8-12-4-7-17(23)20-16(12)9-15(14)19/h8-9,11,13,22H,2-7,10H2,1H3,(H,20,23). The van der Waals surface area contributed by atoms with E-state index in [4.69, 9.17) is 0 Å². The van der Waals surface area contributed by atoms with Gasteiger partial charge in [-0.25, -0.2) is 4.39 Å². The number of aliphatic hydroxyl groups is 1. The van der Waals surface area contributed by atoms with Crippen molar-refractivity contribution >= 4 is 17.5 Å². The number of benzene rings is 1. The SMILES string of the molecule is CN(C(=O)c1cc2c(cc1F)NC(=O)CC2)C1CCC(CO)CC1. The Balaban J connectivity index is 1.76. The smallest absolute Gasteiger partial charge is 0.256 e. The summed E-state index contributed by atoms with van der Waals surface area (Å²) in [5.41, 5.74) is 1.33. The normalized spacial score (nSPS) is 23.4. The molecule has 1 saturated carbocycles. The topological polar surface area (TPSA) is 69.6 Å². The van der Waals surface area contributed by atoms with Crippen LogP contribution in [0.3, 0.4) is 0 Å². The molecule has 0 spiro atoms. The van der Waals surface area contributed by atoms with Crippen LogP contribution in [-0.2, 0) is 11.2 Å². The third-order valence-corrected chi connectivity index (χ3v) is 5.26. The maximum Gasteiger partial charge on any atom is 0.256 e. The molecule has 130 valence electrons. The highest BCUT2D eigenvalue weighted by Gasteiger charge is 2.29. The molecule has 1 heterocycles. The zero-order valence-corrected chi connectivity index (χ0v) is 13.8. The van der Waals surface area contributed by atoms with Crippen LogP contribution in [0.5, 0.6) is 0 Å². The number of amides is 2. The van der Waals surface area contributed by atoms with Crippen LogP contribution in [0.4, 0.5) is 10.1 Å². The number of aliphatic hydroxyl groups excluding tert-OH is 1. The maximum absolute atomic E-state index is 14.4. The Bertz CT molecular complexity index is 654. The van der Waals surface area contributed by atoms with Crippen molar-refractivity contribution in [1.82, 2.24) is 4.90 Å². The van der Waals surface area contributed by atoms with Gasteiger partial charge in [0.1, 0.15) is 5.82 Å². The lowest BCUT2D eigenvalue weighted by molar-refractivity contribution is -0.116. The molecule has 0 bridgehead atoms. The Morgan fingerprint density at radius 2 is 2.00 bits per heavy atom. The number of carbonyl (C=O) groups excluding carboxylic acids is 2. The molecule has 1 aromatic rings. The monoisotopic (exact) mass is 334 g/mol. The number of hydrogen-bond acceptors (Lipinski definition) is 3. The number of halogens is 1. The van der Waals surface area contributed by atoms with Gasteiger partial charge >= 0.3 is 0 Å². The molecule has 0 aromatic heterocycles. The highest BCUT2D eigenvalue weighted by molar-refractivity contribution is 5.98. The van der Waals surface area contributed by atoms with Crippen molar-refractivity contribution in [1.29, 1.82) is 0 Å². The van der Waals surface area contributed by atoms with Gasteiger partial charge in [-0.15, -0.1) is 0 Å². The lowest BCUT2D eigenvalue weighted by atomic mass is 9.86. The molecule has 2 N–H and O–H groups in total. The van der Waals surface area contributed by atoms with E-state index in [0.717, 1.165) is 31.2 Å². The van der Waals surface area contributed by atoms with Crippen molar-refractivity contribution in [3.63, 3.8) is 0 Å². The number of aryl methyl sites for hydroxylation is 1. The lowest BCUT2D eigenvalue weighted by Crippen LogP contribution is -2.40. The molecule has 1 aliphatic carbocycles. The van der Waals surface area contributed by atoms with Gasteiger partial charge in [-0.3, -0.25) is 9.59 Å². The predicted octanol–water partition coefficient (Wildman–Crippen LogP) is 2.33. The lowest BCUT2D eigenvalue weighted by Gasteiger charge is -2.34. The first kappa shape index (κ1) is 16.9. The van der Waals surface area contributed by atoms with E-state index in [1.165, 1.54) is 6.07 Å². The molecule has 0 unspecified atom stereocenters. The summed E-state index contributed by atoms with van der Waals surface area (Å²) in [6.07, 6.45) is 4.31. The fraction of sp³-hybridized carbons (Fsp3) is 0.556. The van der Waals surface area contributed by atoms with Gasteiger partial charge in [0.15, 0.2) is 0 Å². The zero-order chi connectivity index (χ0) is 17.3. The first-order valence-corrected chi connectivity index (χ1v) is 8.50. The fourth-order valence-electron chi connectivity index (χ4n) is 3.64. The highest BCUT2D eigenvalue weighted by Crippen LogP contribution is 2.30. The zero-order valence-electron chi connectivity index (χ0n) is 13.8. The quantitative estimate of drug-likeness (QED) is 0.891. The van der Waals surface area contributed by atoms with E-state index in [2.05, 4.69) is 5.32 Å². The van der Waals surface area contributed by atoms with Gasteiger partial charge in [-0.1, -0.05) is 0 Å². The molecule has 6 heteroatoms. The minimum atomic E-state index is -0.600. The predicted molar refractivity (Wildman–Crippen MR) is 88.3 cm³/mol. The van der Waals surface area contributed by atoms with E-state index in [1.54, 1.807) is 18.0 Å². The third-order valence-electron chi connectivity index (χ3n) is 5.26. The molecular weight excluding hydrogens is 311 g/mol. The van der Waals surface area contributed by atoms with E-state index in [9.17, 15) is 19.1 Å². The summed E-state index contributed by atoms with van der Waals surface area (Å²) in [7, 11) is 1.72. The van der Waals surface area contributed by atoms with E-state index < -0.39 is 5.82 Å². The minimum Gasteiger partial charge on any atom is -0.396 e. The second-order valence-electron chi connectivity index (χ2n) is 6.81. The number of hydrogen-bond donors (Lipinski definition) is 2. The van der Waals surface area contributed by atoms with Crippen LogP contribution in [-0.4, -0.2) is 41.5 Å². The number of carbonyl (C=O) groups is 2. The van der Waals surface area contributed by atoms with Crippen molar-refractivity contribution in [2.24, 2.45) is 5.92 Å². The summed E-state index contributed by atoms with van der Waals surface area (Å²) in [5.74, 6) is -0.732. The van der Waals surface area contributed by atoms with Crippen LogP contribution < -0.4 is 5.32 Å². The second kappa shape index (κ2) is 6.89. The van der Waals surface area contributed by atoms with Gasteiger partial charge in [-0.05, 0) is 55.7 Å². The first-order valence-electron chi connectivity index (χ1n) is 8.50. The molecule has 1 aromatic carbocycles. The first-order chi connectivity index (χ1) is 11.5. The van der Waals surface area contributed by atoms with Gasteiger partial charge in [0, 0.05) is 31.8 Å². The Labute approximate surface area is 140 Å². The van der Waals surface area contributed by atoms with E-state index in [-0.39, 0.29) is 30.0 Å². The Morgan fingerprint density at radius 1 is 1.29 bits per heavy atom. The Morgan fingerprint density at radius 3 is 2.67 bits per heavy atom. The summed E-state index contributed by atoms with van der Waals surface area (Å²) >= 11 is 0. The van der Waals surface area contributed by atoms with Crippen LogP contribution in [0.25, 0.3) is 0 Å². The average Bonchev–Trinajstić information content (AvgIpc) is 2.60. The van der Waals surface area contributed by atoms with Gasteiger partial charge in [-0.2, -0.15) is 0 Å². The van der Waals surface area contributed by atoms with Crippen molar-refractivity contribution < 1.29 is 19.1 Å². The maximum atomic E-state index is 14.4. The van der Waals surface area contributed by atoms with Crippen molar-refractivity contribution in [2.45, 2.75) is 44.6 Å². The van der Waals surface area contributed by atoms with E-state index >= 15 is 0 Å². The summed E-state index contributed by atoms with van der Waals surface area (Å²) in [6.45, 7) is 0.190. The third kappa shape index (κ3) is 3.29. The van der Waals surface area contributed by atoms with E-state index in [1.807, 2.05) is 0 Å². The number of nitrogens with zero attached hydrogens (tertiary/aromatic N) is 1. The van der Waals surface area contributed by atoms with Gasteiger partial charge in [0.2, 0.25) is 5.91 Å². The number of fused-ring (bicyclic) bond motifs is 1. The Kier molecular flexibility index (Phi) is 4.85. The highest BCUT2D eigenvalue weighted by atomic mass is 19.1.